The fourth-order valence-electron chi connectivity index (χ4n) is 3.29. The Kier molecular flexibility index (Phi) is 8.24. The van der Waals surface area contributed by atoms with Crippen molar-refractivity contribution in [3.05, 3.63) is 24.3 Å². The molecule has 1 heterocycles. The Hall–Kier alpha value is -1.55. The van der Waals surface area contributed by atoms with Crippen LogP contribution in [0.3, 0.4) is 0 Å². The molecule has 31 heavy (non-hydrogen) atoms. The molecule has 2 rings (SSSR count). The first kappa shape index (κ1) is 25.7. The Labute approximate surface area is 187 Å². The molecule has 1 aliphatic rings. The smallest absolute Gasteiger partial charge is 0.489 e. The number of nitrogens with zero attached hydrogens (tertiary/aromatic N) is 1. The third-order valence-corrected chi connectivity index (χ3v) is 7.78. The molecule has 174 valence electrons. The van der Waals surface area contributed by atoms with Crippen LogP contribution in [0.4, 0.5) is 4.79 Å². The number of benzene rings is 1. The molecule has 9 heteroatoms. The Morgan fingerprint density at radius 2 is 1.68 bits per heavy atom. The highest BCUT2D eigenvalue weighted by Gasteiger charge is 2.51. The lowest BCUT2D eigenvalue weighted by atomic mass is 9.79. The fraction of sp³-hybridized carbons (Fsp3) is 0.682. The summed E-state index contributed by atoms with van der Waals surface area (Å²) in [6.07, 6.45) is -0.562. The average Bonchev–Trinajstić information content (AvgIpc) is 2.86. The number of hydrogen-bond acceptors (Lipinski definition) is 5. The van der Waals surface area contributed by atoms with Crippen LogP contribution in [0.2, 0.25) is 25.7 Å². The Morgan fingerprint density at radius 3 is 2.13 bits per heavy atom. The van der Waals surface area contributed by atoms with Gasteiger partial charge in [0, 0.05) is 14.6 Å². The molecule has 7 nitrogen and oxygen atoms in total. The molecule has 0 radical (unpaired) electrons. The lowest BCUT2D eigenvalue weighted by Gasteiger charge is -2.32. The van der Waals surface area contributed by atoms with E-state index in [9.17, 15) is 15.0 Å². The zero-order valence-corrected chi connectivity index (χ0v) is 21.0. The molecule has 1 aromatic carbocycles. The summed E-state index contributed by atoms with van der Waals surface area (Å²) in [4.78, 5) is 12.7. The minimum atomic E-state index is -1.32. The Balaban J connectivity index is 2.10. The standard InChI is InChI=1S/C22H38BNO6Si/c1-21(2)22(3,4)30-23(29-21)17-8-10-18(11-9-17)28-19(12-15-31(5,6)7)16-24(13-14-25)20(26)27/h8-11,19,25H,12-16H2,1-7H3,(H,26,27). The summed E-state index contributed by atoms with van der Waals surface area (Å²) in [5, 5.41) is 18.6. The number of amides is 1. The van der Waals surface area contributed by atoms with Gasteiger partial charge in [0.2, 0.25) is 0 Å². The molecule has 1 unspecified atom stereocenters. The maximum absolute atomic E-state index is 11.5. The van der Waals surface area contributed by atoms with Gasteiger partial charge in [-0.3, -0.25) is 0 Å². The number of hydrogen-bond donors (Lipinski definition) is 2. The van der Waals surface area contributed by atoms with Crippen LogP contribution in [-0.4, -0.2) is 73.4 Å². The zero-order chi connectivity index (χ0) is 23.4. The molecule has 1 aromatic rings. The van der Waals surface area contributed by atoms with Crippen LogP contribution in [0.5, 0.6) is 5.75 Å². The summed E-state index contributed by atoms with van der Waals surface area (Å²) >= 11 is 0. The second-order valence-electron chi connectivity index (χ2n) is 10.4. The van der Waals surface area contributed by atoms with E-state index in [1.54, 1.807) is 0 Å². The monoisotopic (exact) mass is 451 g/mol. The van der Waals surface area contributed by atoms with E-state index in [1.165, 1.54) is 4.90 Å². The molecule has 0 saturated carbocycles. The molecule has 1 amide bonds. The van der Waals surface area contributed by atoms with Crippen LogP contribution in [0.1, 0.15) is 34.1 Å². The van der Waals surface area contributed by atoms with Crippen LogP contribution in [0.25, 0.3) is 0 Å². The molecular weight excluding hydrogens is 413 g/mol. The minimum absolute atomic E-state index is 0.0724. The van der Waals surface area contributed by atoms with Crippen molar-refractivity contribution in [3.63, 3.8) is 0 Å². The van der Waals surface area contributed by atoms with Crippen LogP contribution in [-0.2, 0) is 9.31 Å². The van der Waals surface area contributed by atoms with E-state index in [0.717, 1.165) is 17.9 Å². The van der Waals surface area contributed by atoms with Crippen LogP contribution >= 0.6 is 0 Å². The van der Waals surface area contributed by atoms with E-state index < -0.39 is 32.5 Å². The van der Waals surface area contributed by atoms with Crippen molar-refractivity contribution in [1.82, 2.24) is 4.90 Å². The molecule has 0 aliphatic carbocycles. The van der Waals surface area contributed by atoms with Crippen molar-refractivity contribution in [3.8, 4) is 5.75 Å². The number of rotatable bonds is 10. The van der Waals surface area contributed by atoms with Gasteiger partial charge in [0.15, 0.2) is 0 Å². The van der Waals surface area contributed by atoms with Crippen molar-refractivity contribution >= 4 is 26.7 Å². The largest absolute Gasteiger partial charge is 0.494 e. The van der Waals surface area contributed by atoms with E-state index in [-0.39, 0.29) is 25.8 Å². The van der Waals surface area contributed by atoms with E-state index >= 15 is 0 Å². The normalized spacial score (nSPS) is 18.6. The molecule has 1 atom stereocenters. The summed E-state index contributed by atoms with van der Waals surface area (Å²) < 4.78 is 18.4. The summed E-state index contributed by atoms with van der Waals surface area (Å²) in [7, 11) is -1.75. The van der Waals surface area contributed by atoms with Crippen LogP contribution in [0, 0.1) is 0 Å². The predicted octanol–water partition coefficient (Wildman–Crippen LogP) is 3.43. The Morgan fingerprint density at radius 1 is 1.13 bits per heavy atom. The first-order valence-electron chi connectivity index (χ1n) is 10.9. The fourth-order valence-corrected chi connectivity index (χ4v) is 4.48. The van der Waals surface area contributed by atoms with Gasteiger partial charge in [0.05, 0.1) is 24.4 Å². The summed E-state index contributed by atoms with van der Waals surface area (Å²) in [5.74, 6) is 0.676. The number of aliphatic hydroxyl groups excluding tert-OH is 1. The van der Waals surface area contributed by atoms with Gasteiger partial charge < -0.3 is 29.2 Å². The SMILES string of the molecule is CC1(C)OB(c2ccc(OC(CC[Si](C)(C)C)CN(CCO)C(=O)O)cc2)OC1(C)C. The van der Waals surface area contributed by atoms with Crippen molar-refractivity contribution in [2.45, 2.75) is 77.1 Å². The number of ether oxygens (including phenoxy) is 1. The molecule has 1 fully saturated rings. The minimum Gasteiger partial charge on any atom is -0.489 e. The van der Waals surface area contributed by atoms with Crippen LogP contribution < -0.4 is 10.2 Å². The van der Waals surface area contributed by atoms with Gasteiger partial charge in [-0.2, -0.15) is 0 Å². The Bertz CT molecular complexity index is 719. The highest BCUT2D eigenvalue weighted by molar-refractivity contribution is 6.76. The summed E-state index contributed by atoms with van der Waals surface area (Å²) in [6.45, 7) is 15.0. The number of carbonyl (C=O) groups is 1. The number of aliphatic hydroxyl groups is 1. The summed E-state index contributed by atoms with van der Waals surface area (Å²) in [5.41, 5.74) is 0.112. The second kappa shape index (κ2) is 9.94. The van der Waals surface area contributed by atoms with Gasteiger partial charge in [-0.1, -0.05) is 37.8 Å². The molecule has 2 N–H and O–H groups in total. The lowest BCUT2D eigenvalue weighted by molar-refractivity contribution is 0.00578. The maximum Gasteiger partial charge on any atom is 0.494 e. The predicted molar refractivity (Wildman–Crippen MR) is 126 cm³/mol. The van der Waals surface area contributed by atoms with Crippen molar-refractivity contribution in [1.29, 1.82) is 0 Å². The molecule has 0 aromatic heterocycles. The highest BCUT2D eigenvalue weighted by Crippen LogP contribution is 2.36. The van der Waals surface area contributed by atoms with Gasteiger partial charge in [-0.05, 0) is 51.7 Å². The van der Waals surface area contributed by atoms with Gasteiger partial charge in [0.25, 0.3) is 0 Å². The quantitative estimate of drug-likeness (QED) is 0.530. The molecular formula is C22H38BNO6Si. The van der Waals surface area contributed by atoms with Gasteiger partial charge >= 0.3 is 13.2 Å². The molecule has 0 spiro atoms. The van der Waals surface area contributed by atoms with Gasteiger partial charge in [0.1, 0.15) is 11.9 Å². The lowest BCUT2D eigenvalue weighted by Crippen LogP contribution is -2.41. The van der Waals surface area contributed by atoms with Crippen molar-refractivity contribution in [2.75, 3.05) is 19.7 Å². The van der Waals surface area contributed by atoms with Gasteiger partial charge in [-0.15, -0.1) is 0 Å². The summed E-state index contributed by atoms with van der Waals surface area (Å²) in [6, 6.07) is 8.62. The average molecular weight is 451 g/mol. The van der Waals surface area contributed by atoms with E-state index in [4.69, 9.17) is 14.0 Å². The highest BCUT2D eigenvalue weighted by atomic mass is 28.3. The second-order valence-corrected chi connectivity index (χ2v) is 16.1. The zero-order valence-electron chi connectivity index (χ0n) is 20.0. The first-order valence-corrected chi connectivity index (χ1v) is 14.7. The van der Waals surface area contributed by atoms with Crippen molar-refractivity contribution in [2.24, 2.45) is 0 Å². The maximum atomic E-state index is 11.5. The molecule has 1 aliphatic heterocycles. The molecule has 1 saturated heterocycles. The third kappa shape index (κ3) is 7.24. The number of carboxylic acid groups (broad SMARTS) is 1. The molecule has 0 bridgehead atoms. The first-order chi connectivity index (χ1) is 14.2. The van der Waals surface area contributed by atoms with E-state index in [2.05, 4.69) is 19.6 Å². The topological polar surface area (TPSA) is 88.5 Å². The van der Waals surface area contributed by atoms with E-state index in [0.29, 0.717) is 5.75 Å². The van der Waals surface area contributed by atoms with Gasteiger partial charge in [-0.25, -0.2) is 4.79 Å². The van der Waals surface area contributed by atoms with E-state index in [1.807, 2.05) is 52.0 Å². The van der Waals surface area contributed by atoms with Crippen LogP contribution in [0.15, 0.2) is 24.3 Å². The third-order valence-electron chi connectivity index (χ3n) is 5.99. The van der Waals surface area contributed by atoms with Crippen molar-refractivity contribution < 1.29 is 29.1 Å².